The lowest BCUT2D eigenvalue weighted by atomic mass is 10.1. The van der Waals surface area contributed by atoms with E-state index >= 15 is 0 Å². The fraction of sp³-hybridized carbons (Fsp3) is 0.316. The second-order valence-corrected chi connectivity index (χ2v) is 5.38. The molecule has 0 aromatic heterocycles. The second-order valence-electron chi connectivity index (χ2n) is 5.38. The molecule has 0 amide bonds. The van der Waals surface area contributed by atoms with E-state index in [2.05, 4.69) is 34.7 Å². The maximum absolute atomic E-state index is 9.28. The minimum absolute atomic E-state index is 0.314. The smallest absolute Gasteiger partial charge is 0.191 e. The molecule has 0 radical (unpaired) electrons. The van der Waals surface area contributed by atoms with Crippen LogP contribution in [0.1, 0.15) is 24.5 Å². The van der Waals surface area contributed by atoms with Gasteiger partial charge in [-0.15, -0.1) is 0 Å². The lowest BCUT2D eigenvalue weighted by Gasteiger charge is -2.11. The first-order valence-corrected chi connectivity index (χ1v) is 8.12. The largest absolute Gasteiger partial charge is 0.508 e. The summed E-state index contributed by atoms with van der Waals surface area (Å²) in [5, 5.41) is 15.9. The summed E-state index contributed by atoms with van der Waals surface area (Å²) in [6, 6.07) is 17.6. The highest BCUT2D eigenvalue weighted by atomic mass is 16.3. The van der Waals surface area contributed by atoms with Gasteiger partial charge in [-0.25, -0.2) is 4.99 Å². The third kappa shape index (κ3) is 6.43. The first-order chi connectivity index (χ1) is 11.3. The molecule has 0 spiro atoms. The first-order valence-electron chi connectivity index (χ1n) is 8.12. The van der Waals surface area contributed by atoms with Gasteiger partial charge in [-0.05, 0) is 43.0 Å². The van der Waals surface area contributed by atoms with Gasteiger partial charge in [0, 0.05) is 13.1 Å². The van der Waals surface area contributed by atoms with Crippen LogP contribution in [0.15, 0.2) is 59.6 Å². The van der Waals surface area contributed by atoms with Gasteiger partial charge in [0.1, 0.15) is 5.75 Å². The Morgan fingerprint density at radius 1 is 0.957 bits per heavy atom. The monoisotopic (exact) mass is 311 g/mol. The van der Waals surface area contributed by atoms with E-state index in [1.165, 1.54) is 11.1 Å². The van der Waals surface area contributed by atoms with Crippen molar-refractivity contribution >= 4 is 5.96 Å². The third-order valence-corrected chi connectivity index (χ3v) is 3.48. The summed E-state index contributed by atoms with van der Waals surface area (Å²) in [6.45, 7) is 4.45. The predicted octanol–water partition coefficient (Wildman–Crippen LogP) is 3.08. The predicted molar refractivity (Wildman–Crippen MR) is 95.7 cm³/mol. The molecule has 2 rings (SSSR count). The topological polar surface area (TPSA) is 56.7 Å². The molecular formula is C19H25N3O. The third-order valence-electron chi connectivity index (χ3n) is 3.48. The second kappa shape index (κ2) is 9.51. The number of rotatable bonds is 7. The summed E-state index contributed by atoms with van der Waals surface area (Å²) in [5.41, 5.74) is 2.43. The van der Waals surface area contributed by atoms with E-state index in [1.54, 1.807) is 12.1 Å². The van der Waals surface area contributed by atoms with Gasteiger partial charge in [0.25, 0.3) is 0 Å². The Bertz CT molecular complexity index is 594. The molecule has 0 aliphatic rings. The number of aryl methyl sites for hydroxylation is 1. The van der Waals surface area contributed by atoms with Crippen LogP contribution in [0, 0.1) is 0 Å². The minimum Gasteiger partial charge on any atom is -0.508 e. The molecule has 0 unspecified atom stereocenters. The molecule has 0 bridgehead atoms. The number of guanidine groups is 1. The summed E-state index contributed by atoms with van der Waals surface area (Å²) in [7, 11) is 0. The molecule has 4 nitrogen and oxygen atoms in total. The van der Waals surface area contributed by atoms with Crippen molar-refractivity contribution < 1.29 is 5.11 Å². The molecule has 0 aliphatic heterocycles. The van der Waals surface area contributed by atoms with Crippen molar-refractivity contribution in [2.24, 2.45) is 4.99 Å². The standard InChI is InChI=1S/C19H25N3O/c1-2-20-19(22-15-17-7-4-3-5-8-17)21-14-6-9-16-10-12-18(23)13-11-16/h3-5,7-8,10-13,23H,2,6,9,14-15H2,1H3,(H2,20,21,22). The Kier molecular flexibility index (Phi) is 6.98. The normalized spacial score (nSPS) is 11.3. The summed E-state index contributed by atoms with van der Waals surface area (Å²) in [4.78, 5) is 4.60. The van der Waals surface area contributed by atoms with E-state index in [1.807, 2.05) is 30.3 Å². The molecule has 2 aromatic carbocycles. The molecule has 0 heterocycles. The number of hydrogen-bond donors (Lipinski definition) is 3. The van der Waals surface area contributed by atoms with Gasteiger partial charge in [0.05, 0.1) is 6.54 Å². The molecule has 0 saturated heterocycles. The van der Waals surface area contributed by atoms with Crippen molar-refractivity contribution in [3.8, 4) is 5.75 Å². The highest BCUT2D eigenvalue weighted by molar-refractivity contribution is 5.79. The lowest BCUT2D eigenvalue weighted by molar-refractivity contribution is 0.475. The van der Waals surface area contributed by atoms with Crippen molar-refractivity contribution in [1.82, 2.24) is 10.6 Å². The zero-order valence-corrected chi connectivity index (χ0v) is 13.6. The minimum atomic E-state index is 0.314. The van der Waals surface area contributed by atoms with E-state index in [9.17, 15) is 5.11 Å². The molecule has 2 aromatic rings. The molecular weight excluding hydrogens is 286 g/mol. The van der Waals surface area contributed by atoms with Gasteiger partial charge in [0.2, 0.25) is 0 Å². The van der Waals surface area contributed by atoms with E-state index in [-0.39, 0.29) is 0 Å². The Balaban J connectivity index is 1.76. The molecule has 0 fully saturated rings. The number of benzene rings is 2. The van der Waals surface area contributed by atoms with Gasteiger partial charge < -0.3 is 15.7 Å². The van der Waals surface area contributed by atoms with Gasteiger partial charge in [-0.3, -0.25) is 0 Å². The number of nitrogens with one attached hydrogen (secondary N) is 2. The Morgan fingerprint density at radius 3 is 2.39 bits per heavy atom. The molecule has 0 atom stereocenters. The van der Waals surface area contributed by atoms with Gasteiger partial charge >= 0.3 is 0 Å². The average Bonchev–Trinajstić information content (AvgIpc) is 2.59. The van der Waals surface area contributed by atoms with Crippen molar-refractivity contribution in [2.75, 3.05) is 13.1 Å². The van der Waals surface area contributed by atoms with Crippen LogP contribution < -0.4 is 10.6 Å². The highest BCUT2D eigenvalue weighted by Crippen LogP contribution is 2.10. The van der Waals surface area contributed by atoms with E-state index < -0.39 is 0 Å². The van der Waals surface area contributed by atoms with Crippen LogP contribution in [0.5, 0.6) is 5.75 Å². The number of aromatic hydroxyl groups is 1. The maximum Gasteiger partial charge on any atom is 0.191 e. The van der Waals surface area contributed by atoms with Crippen LogP contribution in [0.3, 0.4) is 0 Å². The Labute approximate surface area is 138 Å². The van der Waals surface area contributed by atoms with Crippen LogP contribution in [-0.2, 0) is 13.0 Å². The van der Waals surface area contributed by atoms with Gasteiger partial charge in [0.15, 0.2) is 5.96 Å². The van der Waals surface area contributed by atoms with Gasteiger partial charge in [-0.1, -0.05) is 42.5 Å². The Morgan fingerprint density at radius 2 is 1.70 bits per heavy atom. The van der Waals surface area contributed by atoms with Crippen LogP contribution in [0.4, 0.5) is 0 Å². The fourth-order valence-electron chi connectivity index (χ4n) is 2.26. The van der Waals surface area contributed by atoms with Crippen LogP contribution >= 0.6 is 0 Å². The Hall–Kier alpha value is -2.49. The van der Waals surface area contributed by atoms with E-state index in [0.717, 1.165) is 31.9 Å². The molecule has 0 saturated carbocycles. The molecule has 23 heavy (non-hydrogen) atoms. The summed E-state index contributed by atoms with van der Waals surface area (Å²) in [5.74, 6) is 1.16. The number of aliphatic imine (C=N–C) groups is 1. The van der Waals surface area contributed by atoms with Crippen LogP contribution in [0.2, 0.25) is 0 Å². The lowest BCUT2D eigenvalue weighted by Crippen LogP contribution is -2.37. The van der Waals surface area contributed by atoms with E-state index in [4.69, 9.17) is 0 Å². The van der Waals surface area contributed by atoms with E-state index in [0.29, 0.717) is 12.3 Å². The molecule has 3 N–H and O–H groups in total. The SMILES string of the molecule is CCNC(=NCc1ccccc1)NCCCc1ccc(O)cc1. The first kappa shape index (κ1) is 16.9. The van der Waals surface area contributed by atoms with Crippen molar-refractivity contribution in [3.05, 3.63) is 65.7 Å². The number of hydrogen-bond acceptors (Lipinski definition) is 2. The molecule has 4 heteroatoms. The quantitative estimate of drug-likeness (QED) is 0.418. The summed E-state index contributed by atoms with van der Waals surface area (Å²) < 4.78 is 0. The maximum atomic E-state index is 9.28. The summed E-state index contributed by atoms with van der Waals surface area (Å²) >= 11 is 0. The van der Waals surface area contributed by atoms with Crippen LogP contribution in [-0.4, -0.2) is 24.2 Å². The van der Waals surface area contributed by atoms with Crippen molar-refractivity contribution in [1.29, 1.82) is 0 Å². The molecule has 0 aliphatic carbocycles. The zero-order valence-electron chi connectivity index (χ0n) is 13.6. The zero-order chi connectivity index (χ0) is 16.3. The highest BCUT2D eigenvalue weighted by Gasteiger charge is 1.98. The van der Waals surface area contributed by atoms with Crippen molar-refractivity contribution in [2.45, 2.75) is 26.3 Å². The average molecular weight is 311 g/mol. The summed E-state index contributed by atoms with van der Waals surface area (Å²) in [6.07, 6.45) is 1.99. The fourth-order valence-corrected chi connectivity index (χ4v) is 2.26. The number of phenols is 1. The van der Waals surface area contributed by atoms with Crippen LogP contribution in [0.25, 0.3) is 0 Å². The van der Waals surface area contributed by atoms with Gasteiger partial charge in [-0.2, -0.15) is 0 Å². The number of phenolic OH excluding ortho intramolecular Hbond substituents is 1. The molecule has 122 valence electrons. The van der Waals surface area contributed by atoms with Crippen molar-refractivity contribution in [3.63, 3.8) is 0 Å². The number of nitrogens with zero attached hydrogens (tertiary/aromatic N) is 1.